The molecular weight excluding hydrogens is 260 g/mol. The molecule has 0 aliphatic carbocycles. The smallest absolute Gasteiger partial charge is 0.181 e. The average Bonchev–Trinajstić information content (AvgIpc) is 2.47. The Labute approximate surface area is 113 Å². The van der Waals surface area contributed by atoms with Crippen LogP contribution in [0.4, 0.5) is 0 Å². The Morgan fingerprint density at radius 2 is 1.47 bits per heavy atom. The number of hydrogen-bond acceptors (Lipinski definition) is 3. The van der Waals surface area contributed by atoms with Crippen LogP contribution in [0.3, 0.4) is 0 Å². The van der Waals surface area contributed by atoms with E-state index in [2.05, 4.69) is 0 Å². The third-order valence-corrected chi connectivity index (χ3v) is 4.66. The zero-order valence-corrected chi connectivity index (χ0v) is 11.5. The van der Waals surface area contributed by atoms with Gasteiger partial charge in [0.2, 0.25) is 0 Å². The van der Waals surface area contributed by atoms with Gasteiger partial charge in [-0.3, -0.25) is 0 Å². The van der Waals surface area contributed by atoms with Gasteiger partial charge in [-0.2, -0.15) is 0 Å². The monoisotopic (exact) mass is 276 g/mol. The van der Waals surface area contributed by atoms with E-state index in [4.69, 9.17) is 4.74 Å². The van der Waals surface area contributed by atoms with Crippen molar-refractivity contribution >= 4 is 9.84 Å². The molecule has 19 heavy (non-hydrogen) atoms. The van der Waals surface area contributed by atoms with Crippen LogP contribution in [-0.4, -0.2) is 21.3 Å². The molecule has 0 amide bonds. The van der Waals surface area contributed by atoms with Gasteiger partial charge >= 0.3 is 0 Å². The third-order valence-electron chi connectivity index (χ3n) is 2.93. The predicted molar refractivity (Wildman–Crippen MR) is 74.7 cm³/mol. The van der Waals surface area contributed by atoms with Crippen LogP contribution in [0.5, 0.6) is 0 Å². The molecule has 2 aromatic carbocycles. The van der Waals surface area contributed by atoms with Crippen LogP contribution in [0.15, 0.2) is 65.6 Å². The molecule has 2 rings (SSSR count). The lowest BCUT2D eigenvalue weighted by Gasteiger charge is -2.16. The van der Waals surface area contributed by atoms with Gasteiger partial charge in [-0.1, -0.05) is 48.5 Å². The summed E-state index contributed by atoms with van der Waals surface area (Å²) in [6.07, 6.45) is -0.452. The molecule has 100 valence electrons. The minimum atomic E-state index is -3.34. The number of ether oxygens (including phenoxy) is 1. The van der Waals surface area contributed by atoms with Crippen LogP contribution < -0.4 is 0 Å². The topological polar surface area (TPSA) is 43.4 Å². The van der Waals surface area contributed by atoms with Crippen molar-refractivity contribution in [2.75, 3.05) is 12.9 Å². The van der Waals surface area contributed by atoms with Crippen molar-refractivity contribution < 1.29 is 13.2 Å². The Hall–Kier alpha value is -1.65. The quantitative estimate of drug-likeness (QED) is 0.843. The average molecular weight is 276 g/mol. The van der Waals surface area contributed by atoms with Crippen molar-refractivity contribution in [2.24, 2.45) is 0 Å². The first kappa shape index (κ1) is 13.8. The van der Waals surface area contributed by atoms with Crippen LogP contribution in [0.2, 0.25) is 0 Å². The number of sulfone groups is 1. The van der Waals surface area contributed by atoms with E-state index in [-0.39, 0.29) is 5.75 Å². The van der Waals surface area contributed by atoms with Gasteiger partial charge < -0.3 is 4.74 Å². The molecule has 0 bridgehead atoms. The van der Waals surface area contributed by atoms with E-state index < -0.39 is 15.9 Å². The van der Waals surface area contributed by atoms with E-state index >= 15 is 0 Å². The molecule has 0 N–H and O–H groups in total. The summed E-state index contributed by atoms with van der Waals surface area (Å²) in [5, 5.41) is 0. The maximum absolute atomic E-state index is 12.3. The van der Waals surface area contributed by atoms with Gasteiger partial charge in [-0.15, -0.1) is 0 Å². The third kappa shape index (κ3) is 3.43. The molecule has 2 aromatic rings. The normalized spacial score (nSPS) is 13.1. The Bertz CT molecular complexity index is 606. The second-order valence-corrected chi connectivity index (χ2v) is 6.26. The van der Waals surface area contributed by atoms with Crippen LogP contribution in [0.1, 0.15) is 11.7 Å². The van der Waals surface area contributed by atoms with Crippen molar-refractivity contribution in [2.45, 2.75) is 11.0 Å². The van der Waals surface area contributed by atoms with E-state index in [0.717, 1.165) is 5.56 Å². The minimum absolute atomic E-state index is 0.0580. The van der Waals surface area contributed by atoms with E-state index in [9.17, 15) is 8.42 Å². The van der Waals surface area contributed by atoms with E-state index in [1.165, 1.54) is 7.11 Å². The van der Waals surface area contributed by atoms with Gasteiger partial charge in [0.05, 0.1) is 16.8 Å². The predicted octanol–water partition coefficient (Wildman–Crippen LogP) is 2.85. The first-order valence-electron chi connectivity index (χ1n) is 5.99. The molecule has 3 nitrogen and oxygen atoms in total. The SMILES string of the molecule is COC(CS(=O)(=O)c1ccccc1)c1ccccc1. The Kier molecular flexibility index (Phi) is 4.35. The molecule has 1 atom stereocenters. The molecule has 0 fully saturated rings. The first-order valence-corrected chi connectivity index (χ1v) is 7.64. The highest BCUT2D eigenvalue weighted by Gasteiger charge is 2.22. The van der Waals surface area contributed by atoms with Gasteiger partial charge in [0.25, 0.3) is 0 Å². The summed E-state index contributed by atoms with van der Waals surface area (Å²) in [5.41, 5.74) is 0.865. The van der Waals surface area contributed by atoms with E-state index in [1.807, 2.05) is 30.3 Å². The summed E-state index contributed by atoms with van der Waals surface area (Å²) < 4.78 is 29.9. The molecule has 0 aromatic heterocycles. The van der Waals surface area contributed by atoms with Crippen molar-refractivity contribution in [3.8, 4) is 0 Å². The molecule has 4 heteroatoms. The highest BCUT2D eigenvalue weighted by molar-refractivity contribution is 7.91. The second kappa shape index (κ2) is 5.99. The zero-order valence-electron chi connectivity index (χ0n) is 10.7. The second-order valence-electron chi connectivity index (χ2n) is 4.23. The largest absolute Gasteiger partial charge is 0.376 e. The van der Waals surface area contributed by atoms with Gasteiger partial charge in [0.15, 0.2) is 9.84 Å². The number of methoxy groups -OCH3 is 1. The molecule has 1 unspecified atom stereocenters. The van der Waals surface area contributed by atoms with Gasteiger partial charge in [0, 0.05) is 7.11 Å². The number of benzene rings is 2. The molecule has 0 saturated heterocycles. The molecular formula is C15H16O3S. The lowest BCUT2D eigenvalue weighted by Crippen LogP contribution is -2.16. The van der Waals surface area contributed by atoms with Crippen LogP contribution in [-0.2, 0) is 14.6 Å². The molecule has 0 aliphatic heterocycles. The van der Waals surface area contributed by atoms with Crippen molar-refractivity contribution in [1.82, 2.24) is 0 Å². The van der Waals surface area contributed by atoms with Crippen LogP contribution >= 0.6 is 0 Å². The summed E-state index contributed by atoms with van der Waals surface area (Å²) in [6, 6.07) is 17.8. The fourth-order valence-corrected chi connectivity index (χ4v) is 3.38. The standard InChI is InChI=1S/C15H16O3S/c1-18-15(13-8-4-2-5-9-13)12-19(16,17)14-10-6-3-7-11-14/h2-11,15H,12H2,1H3. The summed E-state index contributed by atoms with van der Waals surface area (Å²) in [5.74, 6) is -0.0580. The van der Waals surface area contributed by atoms with Crippen LogP contribution in [0.25, 0.3) is 0 Å². The molecule has 0 spiro atoms. The van der Waals surface area contributed by atoms with Crippen LogP contribution in [0, 0.1) is 0 Å². The Balaban J connectivity index is 2.24. The Morgan fingerprint density at radius 3 is 2.00 bits per heavy atom. The zero-order chi connectivity index (χ0) is 13.7. The first-order chi connectivity index (χ1) is 9.13. The number of rotatable bonds is 5. The molecule has 0 radical (unpaired) electrons. The highest BCUT2D eigenvalue weighted by atomic mass is 32.2. The maximum atomic E-state index is 12.3. The van der Waals surface area contributed by atoms with Gasteiger partial charge in [-0.25, -0.2) is 8.42 Å². The van der Waals surface area contributed by atoms with Gasteiger partial charge in [-0.05, 0) is 17.7 Å². The van der Waals surface area contributed by atoms with E-state index in [0.29, 0.717) is 4.90 Å². The minimum Gasteiger partial charge on any atom is -0.376 e. The summed E-state index contributed by atoms with van der Waals surface area (Å²) in [4.78, 5) is 0.327. The van der Waals surface area contributed by atoms with Crippen molar-refractivity contribution in [3.63, 3.8) is 0 Å². The molecule has 0 heterocycles. The van der Waals surface area contributed by atoms with E-state index in [1.54, 1.807) is 30.3 Å². The fourth-order valence-electron chi connectivity index (χ4n) is 1.89. The summed E-state index contributed by atoms with van der Waals surface area (Å²) in [7, 11) is -1.82. The summed E-state index contributed by atoms with van der Waals surface area (Å²) in [6.45, 7) is 0. The van der Waals surface area contributed by atoms with Crippen molar-refractivity contribution in [1.29, 1.82) is 0 Å². The highest BCUT2D eigenvalue weighted by Crippen LogP contribution is 2.22. The lowest BCUT2D eigenvalue weighted by molar-refractivity contribution is 0.122. The molecule has 0 aliphatic rings. The lowest BCUT2D eigenvalue weighted by atomic mass is 10.1. The number of hydrogen-bond donors (Lipinski definition) is 0. The van der Waals surface area contributed by atoms with Gasteiger partial charge in [0.1, 0.15) is 0 Å². The van der Waals surface area contributed by atoms with Crippen molar-refractivity contribution in [3.05, 3.63) is 66.2 Å². The Morgan fingerprint density at radius 1 is 0.947 bits per heavy atom. The molecule has 0 saturated carbocycles. The maximum Gasteiger partial charge on any atom is 0.181 e. The fraction of sp³-hybridized carbons (Fsp3) is 0.200. The summed E-state index contributed by atoms with van der Waals surface area (Å²) >= 11 is 0.